The molecule has 1 heteroatoms. The fraction of sp³-hybridized carbons (Fsp3) is 0.500. The Labute approximate surface area is 152 Å². The molecule has 2 aromatic carbocycles. The van der Waals surface area contributed by atoms with Crippen molar-refractivity contribution in [2.75, 3.05) is 5.32 Å². The highest BCUT2D eigenvalue weighted by Crippen LogP contribution is 2.61. The third-order valence-corrected chi connectivity index (χ3v) is 6.79. The monoisotopic (exact) mass is 333 g/mol. The van der Waals surface area contributed by atoms with Crippen molar-refractivity contribution in [1.82, 2.24) is 0 Å². The van der Waals surface area contributed by atoms with Gasteiger partial charge in [0.25, 0.3) is 0 Å². The SMILES string of the molecule is CC(C)(C)C1(c2ccccc2)Nc2c(ccc3c2CCCC3)C1(C)C. The molecule has 2 aromatic rings. The highest BCUT2D eigenvalue weighted by molar-refractivity contribution is 5.72. The molecule has 0 fully saturated rings. The average Bonchev–Trinajstić information content (AvgIpc) is 2.84. The number of rotatable bonds is 1. The van der Waals surface area contributed by atoms with Crippen molar-refractivity contribution in [3.63, 3.8) is 0 Å². The van der Waals surface area contributed by atoms with Crippen molar-refractivity contribution in [3.05, 3.63) is 64.7 Å². The lowest BCUT2D eigenvalue weighted by Crippen LogP contribution is -2.55. The molecule has 1 nitrogen and oxygen atoms in total. The maximum atomic E-state index is 4.12. The van der Waals surface area contributed by atoms with Gasteiger partial charge in [0.2, 0.25) is 0 Å². The van der Waals surface area contributed by atoms with Gasteiger partial charge < -0.3 is 5.32 Å². The summed E-state index contributed by atoms with van der Waals surface area (Å²) >= 11 is 0. The molecule has 1 atom stereocenters. The van der Waals surface area contributed by atoms with Gasteiger partial charge >= 0.3 is 0 Å². The van der Waals surface area contributed by atoms with E-state index in [2.05, 4.69) is 82.4 Å². The smallest absolute Gasteiger partial charge is 0.0765 e. The Morgan fingerprint density at radius 3 is 2.24 bits per heavy atom. The summed E-state index contributed by atoms with van der Waals surface area (Å²) in [5, 5.41) is 4.12. The molecule has 1 aliphatic carbocycles. The average molecular weight is 334 g/mol. The van der Waals surface area contributed by atoms with Crippen molar-refractivity contribution in [3.8, 4) is 0 Å². The molecule has 1 heterocycles. The molecular weight excluding hydrogens is 302 g/mol. The molecule has 0 aromatic heterocycles. The van der Waals surface area contributed by atoms with Crippen LogP contribution in [0.4, 0.5) is 5.69 Å². The zero-order valence-electron chi connectivity index (χ0n) is 16.4. The van der Waals surface area contributed by atoms with Crippen LogP contribution in [-0.2, 0) is 23.8 Å². The standard InChI is InChI=1S/C24H31N/c1-22(2,3)24(18-12-7-6-8-13-18)23(4,5)20-16-15-17-11-9-10-14-19(17)21(20)25-24/h6-8,12-13,15-16,25H,9-11,14H2,1-5H3. The van der Waals surface area contributed by atoms with E-state index in [1.165, 1.54) is 42.5 Å². The van der Waals surface area contributed by atoms with Crippen LogP contribution in [0, 0.1) is 5.41 Å². The summed E-state index contributed by atoms with van der Waals surface area (Å²) in [7, 11) is 0. The van der Waals surface area contributed by atoms with Crippen LogP contribution < -0.4 is 5.32 Å². The molecule has 2 aliphatic rings. The van der Waals surface area contributed by atoms with Crippen LogP contribution in [0.3, 0.4) is 0 Å². The van der Waals surface area contributed by atoms with Crippen LogP contribution in [0.5, 0.6) is 0 Å². The summed E-state index contributed by atoms with van der Waals surface area (Å²) < 4.78 is 0. The third-order valence-electron chi connectivity index (χ3n) is 6.79. The van der Waals surface area contributed by atoms with Gasteiger partial charge in [-0.3, -0.25) is 0 Å². The van der Waals surface area contributed by atoms with E-state index in [-0.39, 0.29) is 16.4 Å². The summed E-state index contributed by atoms with van der Waals surface area (Å²) in [6, 6.07) is 15.9. The van der Waals surface area contributed by atoms with Gasteiger partial charge in [-0.25, -0.2) is 0 Å². The van der Waals surface area contributed by atoms with E-state index in [9.17, 15) is 0 Å². The van der Waals surface area contributed by atoms with E-state index in [1.807, 2.05) is 0 Å². The first-order valence-corrected chi connectivity index (χ1v) is 9.78. The second-order valence-electron chi connectivity index (χ2n) is 9.45. The van der Waals surface area contributed by atoms with Crippen molar-refractivity contribution in [1.29, 1.82) is 0 Å². The topological polar surface area (TPSA) is 12.0 Å². The van der Waals surface area contributed by atoms with Crippen molar-refractivity contribution in [2.24, 2.45) is 5.41 Å². The van der Waals surface area contributed by atoms with Crippen molar-refractivity contribution >= 4 is 5.69 Å². The molecule has 1 N–H and O–H groups in total. The first-order chi connectivity index (χ1) is 11.8. The Balaban J connectivity index is 1.99. The van der Waals surface area contributed by atoms with Crippen LogP contribution in [0.1, 0.15) is 69.7 Å². The molecule has 132 valence electrons. The van der Waals surface area contributed by atoms with E-state index in [0.29, 0.717) is 0 Å². The summed E-state index contributed by atoms with van der Waals surface area (Å²) in [5.41, 5.74) is 7.45. The molecule has 1 aliphatic heterocycles. The van der Waals surface area contributed by atoms with Crippen LogP contribution in [0.2, 0.25) is 0 Å². The maximum Gasteiger partial charge on any atom is 0.0765 e. The molecule has 0 saturated heterocycles. The molecule has 0 amide bonds. The predicted molar refractivity (Wildman–Crippen MR) is 107 cm³/mol. The van der Waals surface area contributed by atoms with Gasteiger partial charge in [0.15, 0.2) is 0 Å². The van der Waals surface area contributed by atoms with Gasteiger partial charge in [0, 0.05) is 11.1 Å². The summed E-state index contributed by atoms with van der Waals surface area (Å²) in [6.45, 7) is 12.0. The minimum Gasteiger partial charge on any atom is -0.374 e. The minimum atomic E-state index is -0.115. The molecule has 0 saturated carbocycles. The number of anilines is 1. The second kappa shape index (κ2) is 5.37. The Hall–Kier alpha value is -1.76. The van der Waals surface area contributed by atoms with Crippen LogP contribution in [-0.4, -0.2) is 0 Å². The number of nitrogens with one attached hydrogen (secondary N) is 1. The number of hydrogen-bond donors (Lipinski definition) is 1. The lowest BCUT2D eigenvalue weighted by atomic mass is 9.56. The first kappa shape index (κ1) is 16.7. The zero-order chi connectivity index (χ0) is 17.9. The largest absolute Gasteiger partial charge is 0.374 e. The fourth-order valence-corrected chi connectivity index (χ4v) is 5.72. The van der Waals surface area contributed by atoms with Crippen molar-refractivity contribution < 1.29 is 0 Å². The maximum absolute atomic E-state index is 4.12. The Bertz CT molecular complexity index is 795. The van der Waals surface area contributed by atoms with Crippen LogP contribution in [0.15, 0.2) is 42.5 Å². The molecule has 0 radical (unpaired) electrons. The number of benzene rings is 2. The van der Waals surface area contributed by atoms with E-state index >= 15 is 0 Å². The number of aryl methyl sites for hydroxylation is 1. The minimum absolute atomic E-state index is 0.0222. The van der Waals surface area contributed by atoms with Gasteiger partial charge in [-0.1, -0.05) is 77.1 Å². The highest BCUT2D eigenvalue weighted by Gasteiger charge is 2.59. The molecule has 0 spiro atoms. The normalized spacial score (nSPS) is 24.4. The van der Waals surface area contributed by atoms with Crippen LogP contribution in [0.25, 0.3) is 0 Å². The van der Waals surface area contributed by atoms with E-state index in [0.717, 1.165) is 0 Å². The number of fused-ring (bicyclic) bond motifs is 3. The Morgan fingerprint density at radius 1 is 0.880 bits per heavy atom. The van der Waals surface area contributed by atoms with Gasteiger partial charge in [-0.15, -0.1) is 0 Å². The van der Waals surface area contributed by atoms with Gasteiger partial charge in [-0.2, -0.15) is 0 Å². The summed E-state index contributed by atoms with van der Waals surface area (Å²) in [5.74, 6) is 0. The summed E-state index contributed by atoms with van der Waals surface area (Å²) in [6.07, 6.45) is 5.10. The lowest BCUT2D eigenvalue weighted by Gasteiger charge is -2.51. The third kappa shape index (κ3) is 2.14. The van der Waals surface area contributed by atoms with Crippen molar-refractivity contribution in [2.45, 2.75) is 71.3 Å². The van der Waals surface area contributed by atoms with Gasteiger partial charge in [0.05, 0.1) is 5.54 Å². The van der Waals surface area contributed by atoms with Gasteiger partial charge in [0.1, 0.15) is 0 Å². The lowest BCUT2D eigenvalue weighted by molar-refractivity contribution is 0.134. The summed E-state index contributed by atoms with van der Waals surface area (Å²) in [4.78, 5) is 0. The quantitative estimate of drug-likeness (QED) is 0.654. The molecule has 4 rings (SSSR count). The Morgan fingerprint density at radius 2 is 1.56 bits per heavy atom. The predicted octanol–water partition coefficient (Wildman–Crippen LogP) is 6.21. The molecule has 25 heavy (non-hydrogen) atoms. The van der Waals surface area contributed by atoms with E-state index in [1.54, 1.807) is 11.1 Å². The zero-order valence-corrected chi connectivity index (χ0v) is 16.4. The highest BCUT2D eigenvalue weighted by atomic mass is 15.1. The van der Waals surface area contributed by atoms with E-state index in [4.69, 9.17) is 0 Å². The first-order valence-electron chi connectivity index (χ1n) is 9.78. The molecular formula is C24H31N. The number of hydrogen-bond acceptors (Lipinski definition) is 1. The van der Waals surface area contributed by atoms with Crippen LogP contribution >= 0.6 is 0 Å². The fourth-order valence-electron chi connectivity index (χ4n) is 5.72. The molecule has 0 bridgehead atoms. The second-order valence-corrected chi connectivity index (χ2v) is 9.45. The van der Waals surface area contributed by atoms with Gasteiger partial charge in [-0.05, 0) is 53.4 Å². The molecule has 1 unspecified atom stereocenters. The van der Waals surface area contributed by atoms with E-state index < -0.39 is 0 Å². The Kier molecular flexibility index (Phi) is 3.58.